The van der Waals surface area contributed by atoms with E-state index in [4.69, 9.17) is 0 Å². The summed E-state index contributed by atoms with van der Waals surface area (Å²) in [5, 5.41) is 2.53. The fourth-order valence-corrected chi connectivity index (χ4v) is 1.82. The van der Waals surface area contributed by atoms with Crippen molar-refractivity contribution in [1.82, 2.24) is 0 Å². The van der Waals surface area contributed by atoms with Gasteiger partial charge in [0.05, 0.1) is 19.3 Å². The summed E-state index contributed by atoms with van der Waals surface area (Å²) in [7, 11) is 1.02. The highest BCUT2D eigenvalue weighted by atomic mass is 19.3. The molecule has 0 aliphatic rings. The van der Waals surface area contributed by atoms with Crippen molar-refractivity contribution in [2.24, 2.45) is 5.41 Å². The number of carbonyl (C=O) groups excluding carboxylic acids is 3. The van der Waals surface area contributed by atoms with Crippen molar-refractivity contribution in [3.8, 4) is 0 Å². The highest BCUT2D eigenvalue weighted by Gasteiger charge is 2.45. The van der Waals surface area contributed by atoms with Crippen molar-refractivity contribution in [3.05, 3.63) is 29.3 Å². The Labute approximate surface area is 144 Å². The second-order valence-corrected chi connectivity index (χ2v) is 6.25. The van der Waals surface area contributed by atoms with E-state index in [1.54, 1.807) is 20.8 Å². The van der Waals surface area contributed by atoms with E-state index >= 15 is 0 Å². The Bertz CT molecular complexity index is 680. The molecule has 0 spiro atoms. The molecule has 1 N–H and O–H groups in total. The van der Waals surface area contributed by atoms with Crippen LogP contribution in [-0.2, 0) is 25.0 Å². The minimum atomic E-state index is -4.04. The molecule has 0 saturated heterocycles. The lowest BCUT2D eigenvalue weighted by Gasteiger charge is -2.20. The van der Waals surface area contributed by atoms with Crippen LogP contribution in [0.25, 0.3) is 0 Å². The highest BCUT2D eigenvalue weighted by Crippen LogP contribution is 2.34. The van der Waals surface area contributed by atoms with Crippen LogP contribution in [0.1, 0.15) is 43.6 Å². The summed E-state index contributed by atoms with van der Waals surface area (Å²) < 4.78 is 37.5. The predicted octanol–water partition coefficient (Wildman–Crippen LogP) is 3.11. The minimum Gasteiger partial charge on any atom is -0.465 e. The van der Waals surface area contributed by atoms with Gasteiger partial charge in [-0.2, -0.15) is 8.78 Å². The molecule has 0 aliphatic heterocycles. The molecule has 8 heteroatoms. The van der Waals surface area contributed by atoms with Gasteiger partial charge in [0.1, 0.15) is 0 Å². The van der Waals surface area contributed by atoms with Crippen LogP contribution in [0.5, 0.6) is 0 Å². The summed E-state index contributed by atoms with van der Waals surface area (Å²) in [5.41, 5.74) is -1.98. The molecule has 0 atom stereocenters. The number of carbonyl (C=O) groups is 3. The van der Waals surface area contributed by atoms with Gasteiger partial charge in [0.15, 0.2) is 0 Å². The zero-order valence-corrected chi connectivity index (χ0v) is 14.7. The smallest absolute Gasteiger partial charge is 0.382 e. The van der Waals surface area contributed by atoms with Gasteiger partial charge in [-0.15, -0.1) is 0 Å². The van der Waals surface area contributed by atoms with E-state index in [-0.39, 0.29) is 18.2 Å². The predicted molar refractivity (Wildman–Crippen MR) is 86.4 cm³/mol. The van der Waals surface area contributed by atoms with Crippen LogP contribution in [0.4, 0.5) is 14.5 Å². The number of hydrogen-bond acceptors (Lipinski definition) is 5. The molecule has 0 fully saturated rings. The second kappa shape index (κ2) is 7.58. The summed E-state index contributed by atoms with van der Waals surface area (Å²) in [6, 6.07) is 3.11. The Morgan fingerprint density at radius 1 is 1.16 bits per heavy atom. The van der Waals surface area contributed by atoms with Gasteiger partial charge in [0, 0.05) is 16.7 Å². The quantitative estimate of drug-likeness (QED) is 0.819. The number of anilines is 1. The normalized spacial score (nSPS) is 11.6. The van der Waals surface area contributed by atoms with E-state index in [9.17, 15) is 23.2 Å². The first-order chi connectivity index (χ1) is 11.4. The highest BCUT2D eigenvalue weighted by molar-refractivity contribution is 5.98. The standard InChI is InChI=1S/C17H21F2NO5/c1-6-25-15(23)17(18,19)12-8-7-10(9-11(12)13(21)24-5)20-14(22)16(2,3)4/h7-9H,6H2,1-5H3,(H,20,22). The van der Waals surface area contributed by atoms with Crippen molar-refractivity contribution in [2.45, 2.75) is 33.6 Å². The first-order valence-corrected chi connectivity index (χ1v) is 7.54. The molecule has 0 heterocycles. The van der Waals surface area contributed by atoms with E-state index < -0.39 is 34.4 Å². The van der Waals surface area contributed by atoms with Crippen LogP contribution in [0.3, 0.4) is 0 Å². The summed E-state index contributed by atoms with van der Waals surface area (Å²) >= 11 is 0. The van der Waals surface area contributed by atoms with Crippen LogP contribution < -0.4 is 5.32 Å². The van der Waals surface area contributed by atoms with Crippen LogP contribution in [0.15, 0.2) is 18.2 Å². The van der Waals surface area contributed by atoms with Gasteiger partial charge >= 0.3 is 17.9 Å². The van der Waals surface area contributed by atoms with E-state index in [2.05, 4.69) is 14.8 Å². The van der Waals surface area contributed by atoms with Gasteiger partial charge in [-0.3, -0.25) is 4.79 Å². The van der Waals surface area contributed by atoms with Crippen molar-refractivity contribution in [2.75, 3.05) is 19.0 Å². The lowest BCUT2D eigenvalue weighted by molar-refractivity contribution is -0.173. The molecule has 25 heavy (non-hydrogen) atoms. The monoisotopic (exact) mass is 357 g/mol. The molecule has 6 nitrogen and oxygen atoms in total. The number of methoxy groups -OCH3 is 1. The minimum absolute atomic E-state index is 0.128. The van der Waals surface area contributed by atoms with E-state index in [0.717, 1.165) is 19.2 Å². The molecule has 0 saturated carbocycles. The number of amides is 1. The number of esters is 2. The largest absolute Gasteiger partial charge is 0.465 e. The van der Waals surface area contributed by atoms with Crippen LogP contribution >= 0.6 is 0 Å². The average Bonchev–Trinajstić information content (AvgIpc) is 2.53. The maximum atomic E-state index is 14.3. The van der Waals surface area contributed by atoms with Crippen molar-refractivity contribution >= 4 is 23.5 Å². The van der Waals surface area contributed by atoms with Gasteiger partial charge in [-0.1, -0.05) is 20.8 Å². The van der Waals surface area contributed by atoms with Crippen molar-refractivity contribution in [1.29, 1.82) is 0 Å². The molecule has 1 aromatic carbocycles. The Morgan fingerprint density at radius 2 is 1.76 bits per heavy atom. The summed E-state index contributed by atoms with van der Waals surface area (Å²) in [6.45, 7) is 6.18. The fourth-order valence-electron chi connectivity index (χ4n) is 1.82. The van der Waals surface area contributed by atoms with Gasteiger partial charge in [-0.05, 0) is 25.1 Å². The number of ether oxygens (including phenoxy) is 2. The molecule has 0 aliphatic carbocycles. The Morgan fingerprint density at radius 3 is 2.24 bits per heavy atom. The first kappa shape index (κ1) is 20.5. The number of halogens is 2. The number of benzene rings is 1. The summed E-state index contributed by atoms with van der Waals surface area (Å²) in [5.74, 6) is -7.24. The molecule has 1 rings (SSSR count). The van der Waals surface area contributed by atoms with Gasteiger partial charge in [0.2, 0.25) is 5.91 Å². The molecular weight excluding hydrogens is 336 g/mol. The third-order valence-electron chi connectivity index (χ3n) is 3.23. The van der Waals surface area contributed by atoms with Crippen molar-refractivity contribution in [3.63, 3.8) is 0 Å². The molecule has 1 amide bonds. The number of nitrogens with one attached hydrogen (secondary N) is 1. The van der Waals surface area contributed by atoms with E-state index in [0.29, 0.717) is 0 Å². The number of hydrogen-bond donors (Lipinski definition) is 1. The molecule has 138 valence electrons. The topological polar surface area (TPSA) is 81.7 Å². The Hall–Kier alpha value is -2.51. The summed E-state index contributed by atoms with van der Waals surface area (Å²) in [4.78, 5) is 35.4. The molecule has 0 aromatic heterocycles. The zero-order chi connectivity index (χ0) is 19.4. The third-order valence-corrected chi connectivity index (χ3v) is 3.23. The number of rotatable bonds is 5. The van der Waals surface area contributed by atoms with E-state index in [1.165, 1.54) is 13.0 Å². The Balaban J connectivity index is 3.35. The fraction of sp³-hybridized carbons (Fsp3) is 0.471. The maximum absolute atomic E-state index is 14.3. The first-order valence-electron chi connectivity index (χ1n) is 7.54. The molecule has 1 aromatic rings. The van der Waals surface area contributed by atoms with E-state index in [1.807, 2.05) is 0 Å². The second-order valence-electron chi connectivity index (χ2n) is 6.25. The van der Waals surface area contributed by atoms with Gasteiger partial charge in [-0.25, -0.2) is 9.59 Å². The lowest BCUT2D eigenvalue weighted by atomic mass is 9.95. The Kier molecular flexibility index (Phi) is 6.23. The maximum Gasteiger partial charge on any atom is 0.382 e. The average molecular weight is 357 g/mol. The third kappa shape index (κ3) is 4.74. The molecule has 0 radical (unpaired) electrons. The van der Waals surface area contributed by atoms with Gasteiger partial charge in [0.25, 0.3) is 0 Å². The van der Waals surface area contributed by atoms with Crippen molar-refractivity contribution < 1.29 is 32.6 Å². The van der Waals surface area contributed by atoms with Crippen LogP contribution in [0, 0.1) is 5.41 Å². The lowest BCUT2D eigenvalue weighted by Crippen LogP contribution is -2.31. The SMILES string of the molecule is CCOC(=O)C(F)(F)c1ccc(NC(=O)C(C)(C)C)cc1C(=O)OC. The summed E-state index contributed by atoms with van der Waals surface area (Å²) in [6.07, 6.45) is 0. The molecule has 0 bridgehead atoms. The van der Waals surface area contributed by atoms with Gasteiger partial charge < -0.3 is 14.8 Å². The van der Waals surface area contributed by atoms with Crippen LogP contribution in [-0.4, -0.2) is 31.6 Å². The zero-order valence-electron chi connectivity index (χ0n) is 14.7. The van der Waals surface area contributed by atoms with Crippen LogP contribution in [0.2, 0.25) is 0 Å². The molecular formula is C17H21F2NO5. The number of alkyl halides is 2. The molecule has 0 unspecified atom stereocenters.